The predicted molar refractivity (Wildman–Crippen MR) is 167 cm³/mol. The van der Waals surface area contributed by atoms with Crippen LogP contribution in [0.1, 0.15) is 70.3 Å². The molecule has 8 nitrogen and oxygen atoms in total. The molecule has 0 bridgehead atoms. The van der Waals surface area contributed by atoms with Gasteiger partial charge >= 0.3 is 0 Å². The number of carbonyl (C=O) groups excluding carboxylic acids is 1. The Hall–Kier alpha value is -1.54. The topological polar surface area (TPSA) is 99.9 Å². The van der Waals surface area contributed by atoms with Crippen molar-refractivity contribution in [1.82, 2.24) is 19.6 Å². The minimum atomic E-state index is -4.93. The number of pyridine rings is 2. The van der Waals surface area contributed by atoms with Crippen LogP contribution in [0.5, 0.6) is 0 Å². The molecule has 0 aromatic carbocycles. The number of hydrogen-bond donors (Lipinski definition) is 2. The Kier molecular flexibility index (Phi) is 15.6. The molecule has 0 atom stereocenters. The van der Waals surface area contributed by atoms with Gasteiger partial charge in [-0.2, -0.15) is 4.31 Å². The van der Waals surface area contributed by atoms with Crippen molar-refractivity contribution in [1.29, 1.82) is 0 Å². The van der Waals surface area contributed by atoms with Crippen LogP contribution < -0.4 is 5.32 Å². The van der Waals surface area contributed by atoms with Crippen LogP contribution in [0.2, 0.25) is 20.4 Å². The molecule has 0 saturated carbocycles. The average Bonchev–Trinajstić information content (AvgIpc) is 2.87. The van der Waals surface area contributed by atoms with E-state index in [-0.39, 0.29) is 41.3 Å². The van der Waals surface area contributed by atoms with Gasteiger partial charge in [-0.25, -0.2) is 15.0 Å². The number of nitrogens with zero attached hydrogens (tertiary/aromatic N) is 4. The largest absolute Gasteiger partial charge is 0.477 e. The molecule has 238 valence electrons. The van der Waals surface area contributed by atoms with Crippen LogP contribution in [0, 0.1) is 0 Å². The first kappa shape index (κ1) is 38.5. The van der Waals surface area contributed by atoms with E-state index < -0.39 is 16.9 Å². The highest BCUT2D eigenvalue weighted by Crippen LogP contribution is 2.56. The number of nitrogens with one attached hydrogen (secondary N) is 1. The van der Waals surface area contributed by atoms with Crippen LogP contribution >= 0.6 is 57.8 Å². The van der Waals surface area contributed by atoms with Gasteiger partial charge in [0.1, 0.15) is 10.3 Å². The molecule has 1 amide bonds. The van der Waals surface area contributed by atoms with Gasteiger partial charge in [-0.15, -0.1) is 11.7 Å². The number of rotatable bonds is 8. The molecule has 0 fully saturated rings. The summed E-state index contributed by atoms with van der Waals surface area (Å²) in [4.78, 5) is 24.1. The Balaban J connectivity index is 0.000000331. The number of aromatic nitrogens is 2. The Morgan fingerprint density at radius 1 is 1.07 bits per heavy atom. The molecular weight excluding hydrogens is 661 g/mol. The van der Waals surface area contributed by atoms with Crippen molar-refractivity contribution >= 4 is 69.6 Å². The highest BCUT2D eigenvalue weighted by molar-refractivity contribution is 8.18. The van der Waals surface area contributed by atoms with Crippen molar-refractivity contribution in [2.75, 3.05) is 26.3 Å². The first-order valence-corrected chi connectivity index (χ1v) is 15.6. The summed E-state index contributed by atoms with van der Waals surface area (Å²) in [6, 6.07) is 3.18. The van der Waals surface area contributed by atoms with Crippen LogP contribution in [0.15, 0.2) is 29.5 Å². The molecule has 0 radical (unpaired) electrons. The van der Waals surface area contributed by atoms with E-state index in [4.69, 9.17) is 56.2 Å². The lowest BCUT2D eigenvalue weighted by molar-refractivity contribution is 0.0899. The molecule has 2 N–H and O–H groups in total. The number of aliphatic hydroxyl groups is 1. The smallest absolute Gasteiger partial charge is 0.278 e. The highest BCUT2D eigenvalue weighted by atomic mass is 35.5. The van der Waals surface area contributed by atoms with Crippen molar-refractivity contribution < 1.29 is 26.3 Å². The molecule has 2 aromatic heterocycles. The number of ether oxygens (including phenoxy) is 1. The quantitative estimate of drug-likeness (QED) is 0.269. The van der Waals surface area contributed by atoms with Crippen molar-refractivity contribution in [3.05, 3.63) is 56.0 Å². The molecule has 3 rings (SSSR count). The zero-order chi connectivity index (χ0) is 32.3. The summed E-state index contributed by atoms with van der Waals surface area (Å²) in [5.41, 5.74) is 0.519. The van der Waals surface area contributed by atoms with Gasteiger partial charge in [0, 0.05) is 44.0 Å². The molecular formula is C26H36Cl4F3N5O3S. The molecule has 0 spiro atoms. The van der Waals surface area contributed by atoms with Crippen molar-refractivity contribution in [3.8, 4) is 0 Å². The SMILES string of the molecule is CC(C)(CCO)NC(=O)c1cnc(Cl)c(Cl)c1.CC1(C)CCOC(c2cnc(Cl)c(Cl)c2)=N1.CCN(CC)S(F)(F)F. The Morgan fingerprint density at radius 2 is 1.62 bits per heavy atom. The number of hydrogen-bond acceptors (Lipinski definition) is 7. The standard InChI is InChI=1S/C11H14Cl2N2O2.C11H12Cl2N2O.C4H10F3NS/c1-11(2,3-4-16)15-10(17)7-5-8(12)9(13)14-6-7;1-11(2)3-4-16-10(15-11)7-5-8(12)9(13)14-6-7;1-3-8(4-2)9(5,6)7/h5-6,16H,3-4H2,1-2H3,(H,15,17);5-6H,3-4H2,1-2H3;3-4H2,1-2H3. The van der Waals surface area contributed by atoms with E-state index in [2.05, 4.69) is 34.1 Å². The minimum absolute atomic E-state index is 0.00685. The van der Waals surface area contributed by atoms with Crippen LogP contribution in [0.4, 0.5) is 11.7 Å². The number of aliphatic imine (C=N–C) groups is 1. The normalized spacial score (nSPS) is 14.9. The zero-order valence-electron chi connectivity index (χ0n) is 24.2. The van der Waals surface area contributed by atoms with Gasteiger partial charge in [0.2, 0.25) is 5.90 Å². The maximum Gasteiger partial charge on any atom is 0.278 e. The third-order valence-corrected chi connectivity index (χ3v) is 8.12. The predicted octanol–water partition coefficient (Wildman–Crippen LogP) is 8.31. The summed E-state index contributed by atoms with van der Waals surface area (Å²) in [7, 11) is 0. The van der Waals surface area contributed by atoms with Gasteiger partial charge in [0.15, 0.2) is 0 Å². The average molecular weight is 697 g/mol. The molecule has 0 saturated heterocycles. The van der Waals surface area contributed by atoms with Crippen LogP contribution in [0.25, 0.3) is 0 Å². The van der Waals surface area contributed by atoms with Gasteiger partial charge < -0.3 is 15.2 Å². The molecule has 3 heterocycles. The van der Waals surface area contributed by atoms with Gasteiger partial charge in [0.25, 0.3) is 17.3 Å². The van der Waals surface area contributed by atoms with Crippen molar-refractivity contribution in [2.45, 2.75) is 65.5 Å². The van der Waals surface area contributed by atoms with Crippen molar-refractivity contribution in [3.63, 3.8) is 0 Å². The third-order valence-electron chi connectivity index (χ3n) is 5.65. The molecule has 42 heavy (non-hydrogen) atoms. The first-order valence-electron chi connectivity index (χ1n) is 12.8. The zero-order valence-corrected chi connectivity index (χ0v) is 28.0. The fourth-order valence-corrected chi connectivity index (χ4v) is 4.35. The van der Waals surface area contributed by atoms with Gasteiger partial charge in [-0.1, -0.05) is 60.3 Å². The monoisotopic (exact) mass is 695 g/mol. The molecule has 0 unspecified atom stereocenters. The van der Waals surface area contributed by atoms with Gasteiger partial charge in [-0.3, -0.25) is 4.79 Å². The number of carbonyl (C=O) groups is 1. The van der Waals surface area contributed by atoms with Crippen LogP contribution in [-0.2, 0) is 4.74 Å². The second-order valence-electron chi connectivity index (χ2n) is 10.1. The van der Waals surface area contributed by atoms with E-state index in [1.54, 1.807) is 12.3 Å². The van der Waals surface area contributed by atoms with Gasteiger partial charge in [-0.05, 0) is 46.2 Å². The Bertz CT molecular complexity index is 1220. The lowest BCUT2D eigenvalue weighted by Gasteiger charge is -2.26. The lowest BCUT2D eigenvalue weighted by atomic mass is 10.0. The van der Waals surface area contributed by atoms with E-state index in [0.29, 0.717) is 39.0 Å². The fraction of sp³-hybridized carbons (Fsp3) is 0.538. The highest BCUT2D eigenvalue weighted by Gasteiger charge is 2.28. The van der Waals surface area contributed by atoms with Crippen LogP contribution in [-0.4, -0.2) is 68.6 Å². The van der Waals surface area contributed by atoms with Crippen molar-refractivity contribution in [2.24, 2.45) is 4.99 Å². The summed E-state index contributed by atoms with van der Waals surface area (Å²) in [5, 5.41) is 12.7. The van der Waals surface area contributed by atoms with Gasteiger partial charge in [0.05, 0.1) is 33.3 Å². The number of amides is 1. The first-order chi connectivity index (χ1) is 19.4. The molecule has 2 aromatic rings. The minimum Gasteiger partial charge on any atom is -0.477 e. The summed E-state index contributed by atoms with van der Waals surface area (Å²) < 4.78 is 41.2. The van der Waals surface area contributed by atoms with Crippen LogP contribution in [0.3, 0.4) is 0 Å². The molecule has 16 heteroatoms. The second kappa shape index (κ2) is 17.1. The van der Waals surface area contributed by atoms with E-state index in [1.165, 1.54) is 26.1 Å². The maximum absolute atomic E-state index is 11.9. The Morgan fingerprint density at radius 3 is 2.05 bits per heavy atom. The number of aliphatic hydroxyl groups excluding tert-OH is 1. The van der Waals surface area contributed by atoms with E-state index in [9.17, 15) is 16.5 Å². The van der Waals surface area contributed by atoms with E-state index >= 15 is 0 Å². The molecule has 1 aliphatic rings. The summed E-state index contributed by atoms with van der Waals surface area (Å²) in [5.74, 6) is 0.289. The Labute approximate surface area is 267 Å². The van der Waals surface area contributed by atoms with E-state index in [0.717, 1.165) is 12.0 Å². The number of halogens is 7. The third kappa shape index (κ3) is 13.4. The lowest BCUT2D eigenvalue weighted by Crippen LogP contribution is -2.44. The fourth-order valence-electron chi connectivity index (χ4n) is 3.23. The second-order valence-corrected chi connectivity index (χ2v) is 12.9. The molecule has 1 aliphatic heterocycles. The van der Waals surface area contributed by atoms with E-state index in [1.807, 2.05) is 13.8 Å². The summed E-state index contributed by atoms with van der Waals surface area (Å²) in [6.07, 6.45) is 4.35. The molecule has 0 aliphatic carbocycles. The summed E-state index contributed by atoms with van der Waals surface area (Å²) >= 11 is 18.2. The summed E-state index contributed by atoms with van der Waals surface area (Å²) in [6.45, 7) is 11.6. The maximum atomic E-state index is 11.9.